The van der Waals surface area contributed by atoms with Crippen LogP contribution < -0.4 is 5.32 Å². The van der Waals surface area contributed by atoms with Crippen molar-refractivity contribution >= 4 is 39.8 Å². The zero-order valence-electron chi connectivity index (χ0n) is 11.2. The number of rotatable bonds is 5. The molecule has 0 saturated carbocycles. The van der Waals surface area contributed by atoms with Gasteiger partial charge in [0.25, 0.3) is 0 Å². The zero-order valence-corrected chi connectivity index (χ0v) is 12.7. The molecular formula is C15H18Cl2N2. The number of hydrogen-bond donors (Lipinski definition) is 1. The van der Waals surface area contributed by atoms with Crippen LogP contribution in [0, 0.1) is 5.92 Å². The summed E-state index contributed by atoms with van der Waals surface area (Å²) in [6, 6.07) is 8.00. The Hall–Kier alpha value is -0.990. The summed E-state index contributed by atoms with van der Waals surface area (Å²) in [5.74, 6) is 1.20. The standard InChI is InChI=1S/C15H18Cl2N2/c1-10(2)7-12(9-16)19-14-5-6-18-15-8-11(17)3-4-13(14)15/h3-6,8,10,12H,7,9H2,1-2H3,(H,18,19). The number of fused-ring (bicyclic) bond motifs is 1. The molecule has 1 aromatic carbocycles. The van der Waals surface area contributed by atoms with Gasteiger partial charge in [-0.25, -0.2) is 0 Å². The molecule has 0 bridgehead atoms. The van der Waals surface area contributed by atoms with E-state index in [-0.39, 0.29) is 6.04 Å². The Morgan fingerprint density at radius 1 is 1.26 bits per heavy atom. The maximum atomic E-state index is 6.04. The quantitative estimate of drug-likeness (QED) is 0.789. The van der Waals surface area contributed by atoms with Crippen LogP contribution in [0.5, 0.6) is 0 Å². The van der Waals surface area contributed by atoms with Gasteiger partial charge in [0.15, 0.2) is 0 Å². The molecule has 0 spiro atoms. The minimum atomic E-state index is 0.267. The first-order chi connectivity index (χ1) is 9.10. The van der Waals surface area contributed by atoms with Crippen molar-refractivity contribution in [2.24, 2.45) is 5.92 Å². The Labute approximate surface area is 124 Å². The summed E-state index contributed by atoms with van der Waals surface area (Å²) in [5.41, 5.74) is 1.96. The molecule has 0 saturated heterocycles. The fraction of sp³-hybridized carbons (Fsp3) is 0.400. The van der Waals surface area contributed by atoms with E-state index in [0.29, 0.717) is 16.8 Å². The van der Waals surface area contributed by atoms with E-state index >= 15 is 0 Å². The molecule has 1 aromatic heterocycles. The molecule has 2 nitrogen and oxygen atoms in total. The fourth-order valence-electron chi connectivity index (χ4n) is 2.20. The summed E-state index contributed by atoms with van der Waals surface area (Å²) in [5, 5.41) is 5.28. The van der Waals surface area contributed by atoms with Gasteiger partial charge in [-0.05, 0) is 36.6 Å². The van der Waals surface area contributed by atoms with Gasteiger partial charge in [-0.3, -0.25) is 4.98 Å². The number of nitrogens with zero attached hydrogens (tertiary/aromatic N) is 1. The van der Waals surface area contributed by atoms with Crippen molar-refractivity contribution < 1.29 is 0 Å². The van der Waals surface area contributed by atoms with Crippen molar-refractivity contribution in [2.75, 3.05) is 11.2 Å². The van der Waals surface area contributed by atoms with Gasteiger partial charge in [0.1, 0.15) is 0 Å². The van der Waals surface area contributed by atoms with Gasteiger partial charge in [0.2, 0.25) is 0 Å². The van der Waals surface area contributed by atoms with E-state index in [4.69, 9.17) is 23.2 Å². The normalized spacial score (nSPS) is 12.9. The zero-order chi connectivity index (χ0) is 13.8. The second-order valence-corrected chi connectivity index (χ2v) is 5.89. The molecule has 2 aromatic rings. The summed E-state index contributed by atoms with van der Waals surface area (Å²) < 4.78 is 0. The smallest absolute Gasteiger partial charge is 0.0737 e. The number of aromatic nitrogens is 1. The molecule has 102 valence electrons. The minimum absolute atomic E-state index is 0.267. The predicted octanol–water partition coefficient (Wildman–Crippen LogP) is 4.95. The number of anilines is 1. The third-order valence-corrected chi connectivity index (χ3v) is 3.61. The molecule has 0 aliphatic rings. The highest BCUT2D eigenvalue weighted by Gasteiger charge is 2.11. The van der Waals surface area contributed by atoms with Crippen LogP contribution in [0.15, 0.2) is 30.5 Å². The highest BCUT2D eigenvalue weighted by atomic mass is 35.5. The molecule has 0 radical (unpaired) electrons. The maximum absolute atomic E-state index is 6.04. The summed E-state index contributed by atoms with van der Waals surface area (Å²) in [4.78, 5) is 4.34. The van der Waals surface area contributed by atoms with Crippen LogP contribution in [-0.2, 0) is 0 Å². The monoisotopic (exact) mass is 296 g/mol. The van der Waals surface area contributed by atoms with Crippen molar-refractivity contribution in [1.29, 1.82) is 0 Å². The van der Waals surface area contributed by atoms with Crippen molar-refractivity contribution in [3.05, 3.63) is 35.5 Å². The molecule has 1 unspecified atom stereocenters. The van der Waals surface area contributed by atoms with Crippen LogP contribution in [0.2, 0.25) is 5.02 Å². The summed E-state index contributed by atoms with van der Waals surface area (Å²) in [7, 11) is 0. The van der Waals surface area contributed by atoms with Gasteiger partial charge in [-0.1, -0.05) is 25.4 Å². The van der Waals surface area contributed by atoms with Crippen LogP contribution in [0.1, 0.15) is 20.3 Å². The second kappa shape index (κ2) is 6.44. The van der Waals surface area contributed by atoms with E-state index in [0.717, 1.165) is 23.0 Å². The van der Waals surface area contributed by atoms with Crippen LogP contribution in [0.3, 0.4) is 0 Å². The minimum Gasteiger partial charge on any atom is -0.381 e. The Bertz CT molecular complexity index is 555. The van der Waals surface area contributed by atoms with Gasteiger partial charge in [-0.2, -0.15) is 0 Å². The largest absolute Gasteiger partial charge is 0.381 e. The topological polar surface area (TPSA) is 24.9 Å². The lowest BCUT2D eigenvalue weighted by Gasteiger charge is -2.20. The van der Waals surface area contributed by atoms with Crippen LogP contribution in [-0.4, -0.2) is 16.9 Å². The van der Waals surface area contributed by atoms with E-state index in [9.17, 15) is 0 Å². The Kier molecular flexibility index (Phi) is 4.89. The molecule has 0 fully saturated rings. The highest BCUT2D eigenvalue weighted by molar-refractivity contribution is 6.31. The average molecular weight is 297 g/mol. The number of hydrogen-bond acceptors (Lipinski definition) is 2. The Balaban J connectivity index is 2.29. The molecule has 0 amide bonds. The highest BCUT2D eigenvalue weighted by Crippen LogP contribution is 2.25. The molecular weight excluding hydrogens is 279 g/mol. The van der Waals surface area contributed by atoms with E-state index < -0.39 is 0 Å². The first-order valence-electron chi connectivity index (χ1n) is 6.47. The first kappa shape index (κ1) is 14.4. The number of pyridine rings is 1. The lowest BCUT2D eigenvalue weighted by atomic mass is 10.0. The number of halogens is 2. The second-order valence-electron chi connectivity index (χ2n) is 5.15. The van der Waals surface area contributed by atoms with Crippen molar-refractivity contribution in [3.63, 3.8) is 0 Å². The van der Waals surface area contributed by atoms with Crippen molar-refractivity contribution in [3.8, 4) is 0 Å². The van der Waals surface area contributed by atoms with Crippen molar-refractivity contribution in [2.45, 2.75) is 26.3 Å². The number of benzene rings is 1. The first-order valence-corrected chi connectivity index (χ1v) is 7.38. The van der Waals surface area contributed by atoms with Gasteiger partial charge in [0, 0.05) is 34.2 Å². The van der Waals surface area contributed by atoms with Gasteiger partial charge in [-0.15, -0.1) is 11.6 Å². The number of alkyl halides is 1. The number of nitrogens with one attached hydrogen (secondary N) is 1. The summed E-state index contributed by atoms with van der Waals surface area (Å²) in [6.07, 6.45) is 2.84. The molecule has 1 N–H and O–H groups in total. The maximum Gasteiger partial charge on any atom is 0.0737 e. The Morgan fingerprint density at radius 2 is 2.05 bits per heavy atom. The van der Waals surface area contributed by atoms with E-state index in [2.05, 4.69) is 24.1 Å². The molecule has 0 aliphatic heterocycles. The fourth-order valence-corrected chi connectivity index (χ4v) is 2.57. The average Bonchev–Trinajstić information content (AvgIpc) is 2.37. The van der Waals surface area contributed by atoms with Gasteiger partial charge in [0.05, 0.1) is 5.52 Å². The van der Waals surface area contributed by atoms with E-state index in [1.54, 1.807) is 6.20 Å². The molecule has 2 rings (SSSR count). The molecule has 1 heterocycles. The summed E-state index contributed by atoms with van der Waals surface area (Å²) in [6.45, 7) is 4.40. The van der Waals surface area contributed by atoms with E-state index in [1.165, 1.54) is 0 Å². The Morgan fingerprint density at radius 3 is 2.74 bits per heavy atom. The SMILES string of the molecule is CC(C)CC(CCl)Nc1ccnc2cc(Cl)ccc12. The lowest BCUT2D eigenvalue weighted by Crippen LogP contribution is -2.23. The predicted molar refractivity (Wildman–Crippen MR) is 84.3 cm³/mol. The molecule has 1 atom stereocenters. The third kappa shape index (κ3) is 3.74. The van der Waals surface area contributed by atoms with Crippen LogP contribution in [0.4, 0.5) is 5.69 Å². The van der Waals surface area contributed by atoms with Crippen LogP contribution >= 0.6 is 23.2 Å². The third-order valence-electron chi connectivity index (χ3n) is 3.01. The molecule has 4 heteroatoms. The lowest BCUT2D eigenvalue weighted by molar-refractivity contribution is 0.542. The van der Waals surface area contributed by atoms with Crippen molar-refractivity contribution in [1.82, 2.24) is 4.98 Å². The molecule has 19 heavy (non-hydrogen) atoms. The molecule has 0 aliphatic carbocycles. The van der Waals surface area contributed by atoms with Gasteiger partial charge >= 0.3 is 0 Å². The van der Waals surface area contributed by atoms with Gasteiger partial charge < -0.3 is 5.32 Å². The van der Waals surface area contributed by atoms with Crippen LogP contribution in [0.25, 0.3) is 10.9 Å². The van der Waals surface area contributed by atoms with E-state index in [1.807, 2.05) is 24.3 Å². The summed E-state index contributed by atoms with van der Waals surface area (Å²) >= 11 is 12.0.